The van der Waals surface area contributed by atoms with E-state index in [9.17, 15) is 9.59 Å². The number of amides is 1. The van der Waals surface area contributed by atoms with Gasteiger partial charge in [0, 0.05) is 5.75 Å². The molecular weight excluding hydrogens is 216 g/mol. The Labute approximate surface area is 93.2 Å². The minimum absolute atomic E-state index is 0.164. The molecule has 6 heteroatoms. The zero-order valence-electron chi connectivity index (χ0n) is 9.11. The smallest absolute Gasteiger partial charge is 0.327 e. The molecule has 0 aromatic heterocycles. The zero-order chi connectivity index (χ0) is 11.6. The van der Waals surface area contributed by atoms with E-state index in [1.54, 1.807) is 20.9 Å². The summed E-state index contributed by atoms with van der Waals surface area (Å²) in [5, 5.41) is 11.8. The average molecular weight is 232 g/mol. The van der Waals surface area contributed by atoms with Gasteiger partial charge in [0.25, 0.3) is 0 Å². The molecule has 1 saturated heterocycles. The second-order valence-electron chi connectivity index (χ2n) is 4.00. The lowest BCUT2D eigenvalue weighted by Crippen LogP contribution is -2.55. The molecule has 0 aromatic rings. The summed E-state index contributed by atoms with van der Waals surface area (Å²) in [6.07, 6.45) is 0. The first-order valence-corrected chi connectivity index (χ1v) is 5.86. The number of likely N-dealkylation sites (N-methyl/N-ethyl adjacent to an activating group) is 1. The van der Waals surface area contributed by atoms with Crippen molar-refractivity contribution in [1.82, 2.24) is 10.2 Å². The third-order valence-corrected chi connectivity index (χ3v) is 3.60. The first kappa shape index (κ1) is 12.3. The second kappa shape index (κ2) is 4.40. The molecule has 15 heavy (non-hydrogen) atoms. The third kappa shape index (κ3) is 2.43. The molecular formula is C9H16N2O3S. The minimum atomic E-state index is -0.930. The van der Waals surface area contributed by atoms with Crippen LogP contribution in [0.15, 0.2) is 0 Å². The number of carbonyl (C=O) groups is 2. The number of rotatable bonds is 3. The summed E-state index contributed by atoms with van der Waals surface area (Å²) in [4.78, 5) is 24.3. The molecule has 1 fully saturated rings. The Hall–Kier alpha value is -0.750. The molecule has 86 valence electrons. The highest BCUT2D eigenvalue weighted by molar-refractivity contribution is 7.99. The van der Waals surface area contributed by atoms with Gasteiger partial charge in [0.15, 0.2) is 0 Å². The van der Waals surface area contributed by atoms with E-state index < -0.39 is 17.6 Å². The number of hydrogen-bond donors (Lipinski definition) is 2. The van der Waals surface area contributed by atoms with Crippen molar-refractivity contribution >= 4 is 23.6 Å². The Morgan fingerprint density at radius 3 is 2.60 bits per heavy atom. The van der Waals surface area contributed by atoms with Crippen LogP contribution in [0.3, 0.4) is 0 Å². The monoisotopic (exact) mass is 232 g/mol. The van der Waals surface area contributed by atoms with E-state index in [1.807, 2.05) is 0 Å². The highest BCUT2D eigenvalue weighted by Gasteiger charge is 2.40. The summed E-state index contributed by atoms with van der Waals surface area (Å²) in [7, 11) is 1.69. The highest BCUT2D eigenvalue weighted by Crippen LogP contribution is 2.24. The number of hydrogen-bond acceptors (Lipinski definition) is 4. The summed E-state index contributed by atoms with van der Waals surface area (Å²) in [6, 6.07) is -0.685. The maximum Gasteiger partial charge on any atom is 0.327 e. The first-order valence-electron chi connectivity index (χ1n) is 4.70. The molecule has 1 rings (SSSR count). The van der Waals surface area contributed by atoms with Crippen LogP contribution in [0.4, 0.5) is 0 Å². The van der Waals surface area contributed by atoms with E-state index in [0.29, 0.717) is 11.6 Å². The molecule has 0 saturated carbocycles. The summed E-state index contributed by atoms with van der Waals surface area (Å²) < 4.78 is 0. The maximum absolute atomic E-state index is 12.0. The molecule has 1 amide bonds. The number of carboxylic acid groups (broad SMARTS) is 1. The van der Waals surface area contributed by atoms with Crippen molar-refractivity contribution in [3.8, 4) is 0 Å². The fraction of sp³-hybridized carbons (Fsp3) is 0.778. The molecule has 1 aliphatic rings. The number of carbonyl (C=O) groups excluding carboxylic acids is 1. The normalized spacial score (nSPS) is 21.8. The number of aliphatic carboxylic acids is 1. The van der Waals surface area contributed by atoms with E-state index >= 15 is 0 Å². The van der Waals surface area contributed by atoms with Gasteiger partial charge < -0.3 is 15.3 Å². The molecule has 0 spiro atoms. The van der Waals surface area contributed by atoms with Crippen LogP contribution >= 0.6 is 11.8 Å². The molecule has 1 atom stereocenters. The average Bonchev–Trinajstić information content (AvgIpc) is 2.64. The van der Waals surface area contributed by atoms with Crippen LogP contribution in [0.2, 0.25) is 0 Å². The quantitative estimate of drug-likeness (QED) is 0.715. The summed E-state index contributed by atoms with van der Waals surface area (Å²) >= 11 is 1.47. The van der Waals surface area contributed by atoms with Crippen LogP contribution in [0.5, 0.6) is 0 Å². The van der Waals surface area contributed by atoms with E-state index in [0.717, 1.165) is 0 Å². The van der Waals surface area contributed by atoms with Gasteiger partial charge in [-0.3, -0.25) is 4.79 Å². The van der Waals surface area contributed by atoms with Crippen LogP contribution in [-0.4, -0.2) is 52.1 Å². The number of nitrogens with zero attached hydrogens (tertiary/aromatic N) is 1. The van der Waals surface area contributed by atoms with Gasteiger partial charge in [-0.15, -0.1) is 11.8 Å². The molecule has 0 bridgehead atoms. The number of nitrogens with one attached hydrogen (secondary N) is 1. The van der Waals surface area contributed by atoms with Gasteiger partial charge in [0.2, 0.25) is 5.91 Å². The maximum atomic E-state index is 12.0. The Bertz CT molecular complexity index is 281. The molecule has 5 nitrogen and oxygen atoms in total. The SMILES string of the molecule is CNC(C)(C)C(=O)N1CSCC1C(=O)O. The standard InChI is InChI=1S/C9H16N2O3S/c1-9(2,10-3)8(14)11-5-15-4-6(11)7(12)13/h6,10H,4-5H2,1-3H3,(H,12,13). The highest BCUT2D eigenvalue weighted by atomic mass is 32.2. The lowest BCUT2D eigenvalue weighted by Gasteiger charge is -2.30. The van der Waals surface area contributed by atoms with Gasteiger partial charge in [0.1, 0.15) is 6.04 Å². The van der Waals surface area contributed by atoms with Crippen LogP contribution in [-0.2, 0) is 9.59 Å². The van der Waals surface area contributed by atoms with Crippen LogP contribution in [0, 0.1) is 0 Å². The molecule has 0 aliphatic carbocycles. The van der Waals surface area contributed by atoms with Crippen LogP contribution < -0.4 is 5.32 Å². The molecule has 1 heterocycles. The molecule has 1 unspecified atom stereocenters. The summed E-state index contributed by atoms with van der Waals surface area (Å²) in [6.45, 7) is 3.49. The van der Waals surface area contributed by atoms with Gasteiger partial charge in [-0.25, -0.2) is 4.79 Å². The van der Waals surface area contributed by atoms with Gasteiger partial charge in [0.05, 0.1) is 11.4 Å². The number of thioether (sulfide) groups is 1. The number of carboxylic acids is 1. The largest absolute Gasteiger partial charge is 0.480 e. The van der Waals surface area contributed by atoms with E-state index in [1.165, 1.54) is 16.7 Å². The predicted molar refractivity (Wildman–Crippen MR) is 58.7 cm³/mol. The lowest BCUT2D eigenvalue weighted by atomic mass is 10.0. The molecule has 1 aliphatic heterocycles. The molecule has 2 N–H and O–H groups in total. The lowest BCUT2D eigenvalue weighted by molar-refractivity contribution is -0.150. The zero-order valence-corrected chi connectivity index (χ0v) is 9.93. The minimum Gasteiger partial charge on any atom is -0.480 e. The topological polar surface area (TPSA) is 69.6 Å². The summed E-state index contributed by atoms with van der Waals surface area (Å²) in [5.74, 6) is -0.162. The van der Waals surface area contributed by atoms with Gasteiger partial charge in [-0.1, -0.05) is 0 Å². The van der Waals surface area contributed by atoms with Crippen molar-refractivity contribution in [3.05, 3.63) is 0 Å². The van der Waals surface area contributed by atoms with Crippen molar-refractivity contribution in [1.29, 1.82) is 0 Å². The fourth-order valence-corrected chi connectivity index (χ4v) is 2.46. The van der Waals surface area contributed by atoms with E-state index in [4.69, 9.17) is 5.11 Å². The second-order valence-corrected chi connectivity index (χ2v) is 5.00. The predicted octanol–water partition coefficient (Wildman–Crippen LogP) is -0.0295. The van der Waals surface area contributed by atoms with Gasteiger partial charge in [-0.2, -0.15) is 0 Å². The Morgan fingerprint density at radius 2 is 2.13 bits per heavy atom. The Morgan fingerprint density at radius 1 is 1.53 bits per heavy atom. The van der Waals surface area contributed by atoms with Crippen LogP contribution in [0.1, 0.15) is 13.8 Å². The van der Waals surface area contributed by atoms with Gasteiger partial charge in [-0.05, 0) is 20.9 Å². The third-order valence-electron chi connectivity index (χ3n) is 2.59. The van der Waals surface area contributed by atoms with Crippen molar-refractivity contribution < 1.29 is 14.7 Å². The van der Waals surface area contributed by atoms with E-state index in [-0.39, 0.29) is 5.91 Å². The van der Waals surface area contributed by atoms with Crippen LogP contribution in [0.25, 0.3) is 0 Å². The van der Waals surface area contributed by atoms with Crippen molar-refractivity contribution in [2.45, 2.75) is 25.4 Å². The fourth-order valence-electron chi connectivity index (χ4n) is 1.31. The van der Waals surface area contributed by atoms with Gasteiger partial charge >= 0.3 is 5.97 Å². The van der Waals surface area contributed by atoms with Crippen molar-refractivity contribution in [3.63, 3.8) is 0 Å². The molecule has 0 aromatic carbocycles. The van der Waals surface area contributed by atoms with Crippen molar-refractivity contribution in [2.24, 2.45) is 0 Å². The Balaban J connectivity index is 2.79. The first-order chi connectivity index (χ1) is 6.90. The van der Waals surface area contributed by atoms with E-state index in [2.05, 4.69) is 5.32 Å². The molecule has 0 radical (unpaired) electrons. The summed E-state index contributed by atoms with van der Waals surface area (Å²) in [5.41, 5.74) is -0.710. The van der Waals surface area contributed by atoms with Crippen molar-refractivity contribution in [2.75, 3.05) is 18.7 Å². The Kier molecular flexibility index (Phi) is 3.62.